The zero-order valence-electron chi connectivity index (χ0n) is 7.06. The van der Waals surface area contributed by atoms with Crippen molar-refractivity contribution in [3.8, 4) is 0 Å². The Bertz CT molecular complexity index is 310. The average Bonchev–Trinajstić information content (AvgIpc) is 2.62. The maximum absolute atomic E-state index is 4.20. The predicted octanol–water partition coefficient (Wildman–Crippen LogP) is 2.53. The molecule has 0 bridgehead atoms. The van der Waals surface area contributed by atoms with E-state index in [9.17, 15) is 0 Å². The number of hydrogen-bond acceptors (Lipinski definition) is 2. The van der Waals surface area contributed by atoms with Crippen LogP contribution in [0.15, 0.2) is 16.9 Å². The summed E-state index contributed by atoms with van der Waals surface area (Å²) in [4.78, 5) is 4.20. The van der Waals surface area contributed by atoms with Crippen LogP contribution in [0.3, 0.4) is 0 Å². The van der Waals surface area contributed by atoms with Gasteiger partial charge in [0.2, 0.25) is 0 Å². The van der Waals surface area contributed by atoms with Crippen molar-refractivity contribution in [3.63, 3.8) is 0 Å². The molecule has 1 aromatic heterocycles. The summed E-state index contributed by atoms with van der Waals surface area (Å²) in [7, 11) is 0. The van der Waals surface area contributed by atoms with E-state index < -0.39 is 0 Å². The van der Waals surface area contributed by atoms with Crippen molar-refractivity contribution in [3.05, 3.63) is 26.0 Å². The Morgan fingerprint density at radius 2 is 2.46 bits per heavy atom. The van der Waals surface area contributed by atoms with E-state index in [1.165, 1.54) is 15.6 Å². The van der Waals surface area contributed by atoms with Crippen LogP contribution in [0.5, 0.6) is 0 Å². The molecule has 1 aliphatic rings. The van der Waals surface area contributed by atoms with Gasteiger partial charge in [-0.25, -0.2) is 4.98 Å². The first kappa shape index (κ1) is 9.86. The number of aromatic nitrogens is 1. The fraction of sp³-hybridized carbons (Fsp3) is 0.444. The molecule has 1 atom stereocenters. The zero-order chi connectivity index (χ0) is 9.26. The molecule has 2 heterocycles. The summed E-state index contributed by atoms with van der Waals surface area (Å²) in [5.41, 5.74) is 1.42. The summed E-state index contributed by atoms with van der Waals surface area (Å²) in [6.07, 6.45) is 3.12. The third-order valence-corrected chi connectivity index (χ3v) is 4.85. The number of nitrogens with one attached hydrogen (secondary N) is 1. The Labute approximate surface area is 99.8 Å². The summed E-state index contributed by atoms with van der Waals surface area (Å²) in [6.45, 7) is 2.24. The number of hydrogen-bond donors (Lipinski definition) is 1. The Hall–Kier alpha value is 0.320. The number of pyridine rings is 1. The lowest BCUT2D eigenvalue weighted by Gasteiger charge is -2.11. The highest BCUT2D eigenvalue weighted by molar-refractivity contribution is 14.1. The Kier molecular flexibility index (Phi) is 3.21. The van der Waals surface area contributed by atoms with Crippen LogP contribution in [0.4, 0.5) is 0 Å². The minimum Gasteiger partial charge on any atom is -0.316 e. The molecular formula is C9H10BrIN2. The number of rotatable bonds is 1. The molecule has 1 N–H and O–H groups in total. The van der Waals surface area contributed by atoms with Gasteiger partial charge in [0.1, 0.15) is 4.60 Å². The fourth-order valence-corrected chi connectivity index (χ4v) is 2.77. The number of halogens is 2. The third kappa shape index (κ3) is 2.05. The first-order chi connectivity index (χ1) is 6.29. The van der Waals surface area contributed by atoms with E-state index in [1.807, 2.05) is 6.20 Å². The Morgan fingerprint density at radius 3 is 3.15 bits per heavy atom. The number of nitrogens with zero attached hydrogens (tertiary/aromatic N) is 1. The van der Waals surface area contributed by atoms with E-state index in [4.69, 9.17) is 0 Å². The van der Waals surface area contributed by atoms with Gasteiger partial charge in [0.05, 0.1) is 0 Å². The SMILES string of the molecule is Brc1nccc(C2CCNC2)c1I. The van der Waals surface area contributed by atoms with Gasteiger partial charge in [-0.05, 0) is 69.0 Å². The molecule has 0 radical (unpaired) electrons. The lowest BCUT2D eigenvalue weighted by molar-refractivity contribution is 0.755. The molecular weight excluding hydrogens is 343 g/mol. The normalized spacial score (nSPS) is 22.2. The summed E-state index contributed by atoms with van der Waals surface area (Å²) < 4.78 is 2.23. The molecule has 4 heteroatoms. The van der Waals surface area contributed by atoms with Gasteiger partial charge in [-0.1, -0.05) is 0 Å². The summed E-state index contributed by atoms with van der Waals surface area (Å²) in [6, 6.07) is 2.13. The van der Waals surface area contributed by atoms with Gasteiger partial charge in [-0.2, -0.15) is 0 Å². The fourth-order valence-electron chi connectivity index (χ4n) is 1.67. The van der Waals surface area contributed by atoms with Crippen LogP contribution < -0.4 is 5.32 Å². The Balaban J connectivity index is 2.33. The first-order valence-corrected chi connectivity index (χ1v) is 6.17. The molecule has 0 amide bonds. The third-order valence-electron chi connectivity index (χ3n) is 2.38. The molecule has 1 unspecified atom stereocenters. The lowest BCUT2D eigenvalue weighted by Crippen LogP contribution is -2.09. The van der Waals surface area contributed by atoms with Crippen molar-refractivity contribution < 1.29 is 0 Å². The quantitative estimate of drug-likeness (QED) is 0.620. The summed E-state index contributed by atoms with van der Waals surface area (Å²) >= 11 is 5.81. The molecule has 2 nitrogen and oxygen atoms in total. The molecule has 1 aromatic rings. The second-order valence-electron chi connectivity index (χ2n) is 3.19. The second-order valence-corrected chi connectivity index (χ2v) is 5.02. The highest BCUT2D eigenvalue weighted by Gasteiger charge is 2.19. The maximum atomic E-state index is 4.20. The molecule has 0 aromatic carbocycles. The molecule has 1 aliphatic heterocycles. The van der Waals surface area contributed by atoms with Crippen molar-refractivity contribution >= 4 is 38.5 Å². The van der Waals surface area contributed by atoms with E-state index in [0.29, 0.717) is 5.92 Å². The van der Waals surface area contributed by atoms with Crippen LogP contribution in [0.1, 0.15) is 17.9 Å². The van der Waals surface area contributed by atoms with E-state index in [2.05, 4.69) is 54.9 Å². The molecule has 70 valence electrons. The van der Waals surface area contributed by atoms with Crippen LogP contribution in [0, 0.1) is 3.57 Å². The van der Waals surface area contributed by atoms with Crippen molar-refractivity contribution in [2.45, 2.75) is 12.3 Å². The van der Waals surface area contributed by atoms with Crippen LogP contribution in [-0.4, -0.2) is 18.1 Å². The van der Waals surface area contributed by atoms with E-state index >= 15 is 0 Å². The van der Waals surface area contributed by atoms with Crippen LogP contribution in [-0.2, 0) is 0 Å². The van der Waals surface area contributed by atoms with Crippen LogP contribution >= 0.6 is 38.5 Å². The van der Waals surface area contributed by atoms with Crippen molar-refractivity contribution in [1.82, 2.24) is 10.3 Å². The van der Waals surface area contributed by atoms with Crippen molar-refractivity contribution in [2.24, 2.45) is 0 Å². The van der Waals surface area contributed by atoms with Gasteiger partial charge in [-0.3, -0.25) is 0 Å². The van der Waals surface area contributed by atoms with Gasteiger partial charge in [0, 0.05) is 16.3 Å². The van der Waals surface area contributed by atoms with Crippen molar-refractivity contribution in [2.75, 3.05) is 13.1 Å². The Morgan fingerprint density at radius 1 is 1.62 bits per heavy atom. The largest absolute Gasteiger partial charge is 0.316 e. The standard InChI is InChI=1S/C9H10BrIN2/c10-9-8(11)7(2-4-13-9)6-1-3-12-5-6/h2,4,6,12H,1,3,5H2. The smallest absolute Gasteiger partial charge is 0.119 e. The van der Waals surface area contributed by atoms with E-state index in [0.717, 1.165) is 17.7 Å². The predicted molar refractivity (Wildman–Crippen MR) is 64.9 cm³/mol. The van der Waals surface area contributed by atoms with E-state index in [1.54, 1.807) is 0 Å². The molecule has 0 spiro atoms. The molecule has 0 saturated carbocycles. The topological polar surface area (TPSA) is 24.9 Å². The lowest BCUT2D eigenvalue weighted by atomic mass is 10.0. The maximum Gasteiger partial charge on any atom is 0.119 e. The van der Waals surface area contributed by atoms with Crippen molar-refractivity contribution in [1.29, 1.82) is 0 Å². The molecule has 1 saturated heterocycles. The highest BCUT2D eigenvalue weighted by atomic mass is 127. The van der Waals surface area contributed by atoms with Gasteiger partial charge >= 0.3 is 0 Å². The van der Waals surface area contributed by atoms with Gasteiger partial charge < -0.3 is 5.32 Å². The molecule has 13 heavy (non-hydrogen) atoms. The van der Waals surface area contributed by atoms with Crippen LogP contribution in [0.25, 0.3) is 0 Å². The minimum absolute atomic E-state index is 0.672. The average molecular weight is 353 g/mol. The summed E-state index contributed by atoms with van der Waals surface area (Å²) in [5, 5.41) is 3.38. The molecule has 0 aliphatic carbocycles. The van der Waals surface area contributed by atoms with Gasteiger partial charge in [0.15, 0.2) is 0 Å². The van der Waals surface area contributed by atoms with Crippen LogP contribution in [0.2, 0.25) is 0 Å². The highest BCUT2D eigenvalue weighted by Crippen LogP contribution is 2.29. The van der Waals surface area contributed by atoms with Gasteiger partial charge in [0.25, 0.3) is 0 Å². The van der Waals surface area contributed by atoms with Gasteiger partial charge in [-0.15, -0.1) is 0 Å². The van der Waals surface area contributed by atoms with E-state index in [-0.39, 0.29) is 0 Å². The minimum atomic E-state index is 0.672. The molecule has 1 fully saturated rings. The zero-order valence-corrected chi connectivity index (χ0v) is 10.8. The molecule has 2 rings (SSSR count). The second kappa shape index (κ2) is 4.23. The first-order valence-electron chi connectivity index (χ1n) is 4.29. The monoisotopic (exact) mass is 352 g/mol. The summed E-state index contributed by atoms with van der Waals surface area (Å²) in [5.74, 6) is 0.672.